The van der Waals surface area contributed by atoms with Gasteiger partial charge in [-0.25, -0.2) is 0 Å². The first-order valence-corrected chi connectivity index (χ1v) is 22.8. The maximum Gasteiger partial charge on any atom is 0.259 e. The monoisotopic (exact) mass is 930 g/mol. The molecule has 4 aromatic rings. The van der Waals surface area contributed by atoms with Crippen molar-refractivity contribution < 1.29 is 48.0 Å². The number of hydrogen-bond donors (Lipinski definition) is 6. The molecule has 1 saturated heterocycles. The minimum atomic E-state index is -1.29. The quantitative estimate of drug-likeness (QED) is 0.0351. The second kappa shape index (κ2) is 21.9. The van der Waals surface area contributed by atoms with Crippen molar-refractivity contribution in [2.75, 3.05) is 84.9 Å². The molecule has 18 nitrogen and oxygen atoms in total. The topological polar surface area (TPSA) is 248 Å². The number of aromatic nitrogens is 1. The Morgan fingerprint density at radius 3 is 2.37 bits per heavy atom. The van der Waals surface area contributed by atoms with Crippen LogP contribution in [0.15, 0.2) is 54.7 Å². The number of H-pyrrole nitrogens is 1. The maximum absolute atomic E-state index is 14.0. The molecular weight excluding hydrogens is 873 g/mol. The summed E-state index contributed by atoms with van der Waals surface area (Å²) in [6.07, 6.45) is 2.48. The Hall–Kier alpha value is -6.75. The van der Waals surface area contributed by atoms with Crippen LogP contribution < -0.4 is 16.0 Å². The second-order valence-electron chi connectivity index (χ2n) is 17.2. The lowest BCUT2D eigenvalue weighted by atomic mass is 9.70. The number of fused-ring (bicyclic) bond motifs is 5. The van der Waals surface area contributed by atoms with E-state index in [2.05, 4.69) is 40.9 Å². The summed E-state index contributed by atoms with van der Waals surface area (Å²) >= 11 is 0. The van der Waals surface area contributed by atoms with Gasteiger partial charge in [-0.15, -0.1) is 0 Å². The van der Waals surface area contributed by atoms with E-state index < -0.39 is 35.4 Å². The number of nitrogens with one attached hydrogen (secondary N) is 5. The van der Waals surface area contributed by atoms with Gasteiger partial charge in [0, 0.05) is 83.4 Å². The minimum Gasteiger partial charge on any atom is -0.382 e. The maximum atomic E-state index is 14.0. The summed E-state index contributed by atoms with van der Waals surface area (Å²) in [5.41, 5.74) is 7.03. The van der Waals surface area contributed by atoms with Crippen LogP contribution in [0.4, 0.5) is 5.69 Å². The summed E-state index contributed by atoms with van der Waals surface area (Å²) in [7, 11) is 1.70. The zero-order valence-corrected chi connectivity index (χ0v) is 38.8. The van der Waals surface area contributed by atoms with Gasteiger partial charge in [0.2, 0.25) is 17.7 Å². The van der Waals surface area contributed by atoms with E-state index in [1.54, 1.807) is 48.5 Å². The molecule has 1 aromatic heterocycles. The first-order valence-electron chi connectivity index (χ1n) is 22.8. The molecule has 7 rings (SSSR count). The molecule has 4 amide bonds. The highest BCUT2D eigenvalue weighted by molar-refractivity contribution is 6.20. The number of nitrogens with zero attached hydrogens (tertiary/aromatic N) is 3. The molecule has 0 bridgehead atoms. The van der Waals surface area contributed by atoms with Gasteiger partial charge in [0.15, 0.2) is 12.0 Å². The number of ketones is 1. The molecule has 0 radical (unpaired) electrons. The fraction of sp³-hybridized carbons (Fsp3) is 0.420. The number of nitriles is 1. The zero-order chi connectivity index (χ0) is 48.5. The molecule has 0 spiro atoms. The molecule has 3 aliphatic rings. The Labute approximate surface area is 394 Å². The molecule has 3 heterocycles. The number of benzene rings is 3. The summed E-state index contributed by atoms with van der Waals surface area (Å²) < 4.78 is 22.5. The number of aliphatic hydroxyl groups excluding tert-OH is 1. The number of likely N-dealkylation sites (N-methyl/N-ethyl adjacent to an activating group) is 1. The van der Waals surface area contributed by atoms with Crippen molar-refractivity contribution in [3.8, 4) is 6.07 Å². The predicted octanol–water partition coefficient (Wildman–Crippen LogP) is 3.94. The van der Waals surface area contributed by atoms with E-state index in [1.807, 2.05) is 25.1 Å². The number of aliphatic hydroxyl groups is 1. The van der Waals surface area contributed by atoms with Gasteiger partial charge >= 0.3 is 0 Å². The van der Waals surface area contributed by atoms with Crippen LogP contribution in [0.1, 0.15) is 99.6 Å². The van der Waals surface area contributed by atoms with Crippen molar-refractivity contribution in [1.82, 2.24) is 25.4 Å². The Balaban J connectivity index is 0.752. The SMILES string of the molecule is CCc1cc2c(cc1/C(C=N)=C/NCC(=O)N(C)CCOCCOCCOCCOCCNc1cccc3c1C(=O)N(C1CCC(=O)NC1=O)C3O)C(C)(C)c1[nH]c3cc(C#N)ccc3c1C2=O. The van der Waals surface area contributed by atoms with Crippen LogP contribution in [-0.2, 0) is 45.2 Å². The number of rotatable bonds is 23. The van der Waals surface area contributed by atoms with Gasteiger partial charge in [0.1, 0.15) is 6.04 Å². The molecular formula is C50H58N8O10. The number of anilines is 1. The molecule has 358 valence electrons. The summed E-state index contributed by atoms with van der Waals surface area (Å²) in [5, 5.41) is 37.8. The van der Waals surface area contributed by atoms with Gasteiger partial charge in [-0.05, 0) is 59.9 Å². The first-order chi connectivity index (χ1) is 32.8. The number of hydrogen-bond acceptors (Lipinski definition) is 14. The number of aryl methyl sites for hydroxylation is 1. The normalized spacial score (nSPS) is 17.4. The lowest BCUT2D eigenvalue weighted by Crippen LogP contribution is -2.53. The van der Waals surface area contributed by atoms with Gasteiger partial charge in [-0.2, -0.15) is 5.26 Å². The van der Waals surface area contributed by atoms with Crippen LogP contribution in [0.5, 0.6) is 0 Å². The van der Waals surface area contributed by atoms with Crippen LogP contribution in [0.25, 0.3) is 16.5 Å². The smallest absolute Gasteiger partial charge is 0.259 e. The fourth-order valence-corrected chi connectivity index (χ4v) is 8.90. The standard InChI is InChI=1S/C50H58N8O10/c1-5-31-24-36-37(50(2,3)46-44(45(36)61)33-10-9-30(26-51)23-39(33)55-46)25-35(31)32(27-52)28-53-29-42(60)57(4)14-16-66-18-20-68-22-21-67-19-17-65-15-13-54-38-8-6-7-34-43(38)49(64)58(48(34)63)40-11-12-41(59)56-47(40)62/h6-10,23-25,27-28,40,48,52-55,63H,5,11-22,29H2,1-4H3,(H,56,59,62)/b32-28+,52-27?. The number of piperidine rings is 1. The first kappa shape index (κ1) is 49.2. The summed E-state index contributed by atoms with van der Waals surface area (Å²) in [5.74, 6) is -1.71. The predicted molar refractivity (Wildman–Crippen MR) is 252 cm³/mol. The van der Waals surface area contributed by atoms with Crippen LogP contribution >= 0.6 is 0 Å². The van der Waals surface area contributed by atoms with Gasteiger partial charge < -0.3 is 50.0 Å². The zero-order valence-electron chi connectivity index (χ0n) is 38.8. The summed E-state index contributed by atoms with van der Waals surface area (Å²) in [4.78, 5) is 70.4. The molecule has 1 aliphatic carbocycles. The molecule has 1 fully saturated rings. The van der Waals surface area contributed by atoms with Crippen LogP contribution in [0.3, 0.4) is 0 Å². The number of carbonyl (C=O) groups is 5. The number of allylic oxidation sites excluding steroid dienone is 1. The van der Waals surface area contributed by atoms with Crippen LogP contribution in [0.2, 0.25) is 0 Å². The van der Waals surface area contributed by atoms with Crippen molar-refractivity contribution in [2.45, 2.75) is 57.7 Å². The van der Waals surface area contributed by atoms with E-state index in [-0.39, 0.29) is 31.1 Å². The summed E-state index contributed by atoms with van der Waals surface area (Å²) in [6.45, 7) is 9.69. The van der Waals surface area contributed by atoms with Gasteiger partial charge in [0.25, 0.3) is 5.91 Å². The number of carbonyl (C=O) groups excluding carboxylic acids is 5. The van der Waals surface area contributed by atoms with Crippen molar-refractivity contribution in [3.63, 3.8) is 0 Å². The third-order valence-corrected chi connectivity index (χ3v) is 12.6. The third-order valence-electron chi connectivity index (χ3n) is 12.6. The number of aromatic amines is 1. The molecule has 18 heteroatoms. The van der Waals surface area contributed by atoms with Crippen molar-refractivity contribution in [1.29, 1.82) is 10.7 Å². The molecule has 2 aliphatic heterocycles. The van der Waals surface area contributed by atoms with Crippen LogP contribution in [-0.4, -0.2) is 141 Å². The largest absolute Gasteiger partial charge is 0.382 e. The van der Waals surface area contributed by atoms with Gasteiger partial charge in [0.05, 0.1) is 82.2 Å². The van der Waals surface area contributed by atoms with Crippen LogP contribution in [0, 0.1) is 16.7 Å². The molecule has 2 unspecified atom stereocenters. The summed E-state index contributed by atoms with van der Waals surface area (Å²) in [6, 6.07) is 15.5. The molecule has 0 saturated carbocycles. The third kappa shape index (κ3) is 10.4. The lowest BCUT2D eigenvalue weighted by Gasteiger charge is -2.33. The average Bonchev–Trinajstić information content (AvgIpc) is 3.85. The van der Waals surface area contributed by atoms with E-state index in [9.17, 15) is 34.3 Å². The lowest BCUT2D eigenvalue weighted by molar-refractivity contribution is -0.139. The van der Waals surface area contributed by atoms with E-state index in [1.165, 1.54) is 6.21 Å². The number of ether oxygens (including phenoxy) is 4. The Morgan fingerprint density at radius 2 is 1.69 bits per heavy atom. The Kier molecular flexibility index (Phi) is 15.8. The van der Waals surface area contributed by atoms with E-state index in [0.29, 0.717) is 111 Å². The van der Waals surface area contributed by atoms with Crippen molar-refractivity contribution >= 4 is 57.8 Å². The van der Waals surface area contributed by atoms with E-state index in [4.69, 9.17) is 24.4 Å². The average molecular weight is 931 g/mol. The van der Waals surface area contributed by atoms with E-state index >= 15 is 0 Å². The Morgan fingerprint density at radius 1 is 0.985 bits per heavy atom. The van der Waals surface area contributed by atoms with Crippen molar-refractivity contribution in [2.24, 2.45) is 0 Å². The fourth-order valence-electron chi connectivity index (χ4n) is 8.90. The van der Waals surface area contributed by atoms with Gasteiger partial charge in [-0.1, -0.05) is 39.0 Å². The molecule has 2 atom stereocenters. The highest BCUT2D eigenvalue weighted by Crippen LogP contribution is 2.45. The number of amides is 4. The van der Waals surface area contributed by atoms with Crippen molar-refractivity contribution in [3.05, 3.63) is 105 Å². The number of imide groups is 1. The highest BCUT2D eigenvalue weighted by atomic mass is 16.6. The highest BCUT2D eigenvalue weighted by Gasteiger charge is 2.45. The van der Waals surface area contributed by atoms with E-state index in [0.717, 1.165) is 38.2 Å². The minimum absolute atomic E-state index is 0.0102. The van der Waals surface area contributed by atoms with Gasteiger partial charge in [-0.3, -0.25) is 34.2 Å². The Bertz CT molecular complexity index is 2670. The second-order valence-corrected chi connectivity index (χ2v) is 17.2. The molecule has 3 aromatic carbocycles. The molecule has 6 N–H and O–H groups in total. The molecule has 68 heavy (non-hydrogen) atoms.